The molecule has 112 valence electrons. The number of hydrogen-bond acceptors (Lipinski definition) is 4. The molecule has 0 amide bonds. The number of benzene rings is 1. The van der Waals surface area contributed by atoms with Gasteiger partial charge in [0, 0.05) is 23.5 Å². The molecule has 1 aromatic heterocycles. The molecule has 2 aromatic rings. The van der Waals surface area contributed by atoms with Crippen molar-refractivity contribution in [3.05, 3.63) is 42.2 Å². The highest BCUT2D eigenvalue weighted by Gasteiger charge is 2.21. The fraction of sp³-hybridized carbons (Fsp3) is 0.333. The van der Waals surface area contributed by atoms with E-state index in [1.54, 1.807) is 48.5 Å². The third kappa shape index (κ3) is 3.53. The minimum atomic E-state index is -0.950. The van der Waals surface area contributed by atoms with Gasteiger partial charge in [-0.05, 0) is 38.1 Å². The summed E-state index contributed by atoms with van der Waals surface area (Å²) in [6.45, 7) is 3.98. The fourth-order valence-corrected chi connectivity index (χ4v) is 1.93. The summed E-state index contributed by atoms with van der Waals surface area (Å²) in [5, 5.41) is 16.6. The third-order valence-corrected chi connectivity index (χ3v) is 3.13. The van der Waals surface area contributed by atoms with E-state index < -0.39 is 12.0 Å². The monoisotopic (exact) mass is 289 g/mol. The Hall–Kier alpha value is -2.50. The molecule has 0 radical (unpaired) electrons. The number of anilines is 1. The summed E-state index contributed by atoms with van der Waals surface area (Å²) < 4.78 is 6.82. The van der Waals surface area contributed by atoms with E-state index in [0.29, 0.717) is 11.3 Å². The first-order valence-electron chi connectivity index (χ1n) is 6.68. The number of carbonyl (C=O) groups is 1. The van der Waals surface area contributed by atoms with Crippen LogP contribution in [0.3, 0.4) is 0 Å². The molecule has 1 unspecified atom stereocenters. The van der Waals surface area contributed by atoms with Crippen LogP contribution in [0.1, 0.15) is 31.5 Å². The average Bonchev–Trinajstić information content (AvgIpc) is 2.94. The molecule has 1 heterocycles. The Morgan fingerprint density at radius 2 is 2.00 bits per heavy atom. The van der Waals surface area contributed by atoms with Gasteiger partial charge in [-0.1, -0.05) is 0 Å². The molecule has 6 heteroatoms. The number of aromatic nitrogens is 2. The zero-order valence-electron chi connectivity index (χ0n) is 12.3. The van der Waals surface area contributed by atoms with E-state index in [1.807, 2.05) is 13.8 Å². The highest BCUT2D eigenvalue weighted by Crippen LogP contribution is 2.22. The van der Waals surface area contributed by atoms with Crippen LogP contribution in [0.25, 0.3) is 0 Å². The molecule has 0 saturated carbocycles. The summed E-state index contributed by atoms with van der Waals surface area (Å²) in [6.07, 6.45) is 3.33. The van der Waals surface area contributed by atoms with Crippen LogP contribution >= 0.6 is 0 Å². The lowest BCUT2D eigenvalue weighted by Gasteiger charge is -2.14. The summed E-state index contributed by atoms with van der Waals surface area (Å²) in [4.78, 5) is 11.5. The second kappa shape index (κ2) is 6.30. The highest BCUT2D eigenvalue weighted by atomic mass is 16.5. The zero-order chi connectivity index (χ0) is 15.4. The topological polar surface area (TPSA) is 76.4 Å². The maximum absolute atomic E-state index is 11.5. The summed E-state index contributed by atoms with van der Waals surface area (Å²) in [7, 11) is 1.59. The normalized spacial score (nSPS) is 12.2. The van der Waals surface area contributed by atoms with E-state index in [2.05, 4.69) is 10.4 Å². The first-order valence-corrected chi connectivity index (χ1v) is 6.68. The van der Waals surface area contributed by atoms with Crippen LogP contribution in [0.2, 0.25) is 0 Å². The lowest BCUT2D eigenvalue weighted by molar-refractivity contribution is -0.138. The summed E-state index contributed by atoms with van der Waals surface area (Å²) in [5.41, 5.74) is 1.33. The van der Waals surface area contributed by atoms with Gasteiger partial charge >= 0.3 is 5.97 Å². The number of ether oxygens (including phenoxy) is 1. The Morgan fingerprint density at radius 3 is 2.48 bits per heavy atom. The molecule has 6 nitrogen and oxygen atoms in total. The van der Waals surface area contributed by atoms with Crippen molar-refractivity contribution in [3.8, 4) is 5.75 Å². The molecule has 1 atom stereocenters. The molecule has 0 aliphatic carbocycles. The molecule has 0 bridgehead atoms. The van der Waals surface area contributed by atoms with Crippen LogP contribution in [-0.2, 0) is 4.79 Å². The van der Waals surface area contributed by atoms with E-state index in [4.69, 9.17) is 4.74 Å². The van der Waals surface area contributed by atoms with Crippen molar-refractivity contribution in [3.63, 3.8) is 0 Å². The van der Waals surface area contributed by atoms with Gasteiger partial charge < -0.3 is 15.2 Å². The Balaban J connectivity index is 2.19. The first kappa shape index (κ1) is 14.9. The number of methoxy groups -OCH3 is 1. The van der Waals surface area contributed by atoms with Gasteiger partial charge in [0.2, 0.25) is 0 Å². The predicted octanol–water partition coefficient (Wildman–Crippen LogP) is 2.71. The van der Waals surface area contributed by atoms with Gasteiger partial charge in [0.25, 0.3) is 0 Å². The van der Waals surface area contributed by atoms with E-state index in [1.165, 1.54) is 0 Å². The van der Waals surface area contributed by atoms with Crippen LogP contribution in [0.5, 0.6) is 5.75 Å². The Labute approximate surface area is 123 Å². The summed E-state index contributed by atoms with van der Waals surface area (Å²) in [6, 6.07) is 6.46. The van der Waals surface area contributed by atoms with Gasteiger partial charge in [-0.2, -0.15) is 5.10 Å². The molecule has 2 N–H and O–H groups in total. The predicted molar refractivity (Wildman–Crippen MR) is 79.6 cm³/mol. The lowest BCUT2D eigenvalue weighted by Crippen LogP contribution is -2.20. The van der Waals surface area contributed by atoms with Crippen molar-refractivity contribution >= 4 is 11.7 Å². The zero-order valence-corrected chi connectivity index (χ0v) is 12.3. The number of nitrogens with zero attached hydrogens (tertiary/aromatic N) is 2. The van der Waals surface area contributed by atoms with Crippen LogP contribution < -0.4 is 10.1 Å². The maximum atomic E-state index is 11.5. The smallest absolute Gasteiger partial charge is 0.330 e. The SMILES string of the molecule is COc1ccc(NC(C(=O)O)c2cnn(C(C)C)c2)cc1. The number of rotatable bonds is 6. The van der Waals surface area contributed by atoms with Gasteiger partial charge in [-0.25, -0.2) is 4.79 Å². The number of nitrogens with one attached hydrogen (secondary N) is 1. The lowest BCUT2D eigenvalue weighted by atomic mass is 10.1. The molecular weight excluding hydrogens is 270 g/mol. The minimum absolute atomic E-state index is 0.189. The maximum Gasteiger partial charge on any atom is 0.330 e. The van der Waals surface area contributed by atoms with Crippen LogP contribution in [-0.4, -0.2) is 28.0 Å². The molecule has 0 aliphatic rings. The van der Waals surface area contributed by atoms with E-state index in [0.717, 1.165) is 5.75 Å². The van der Waals surface area contributed by atoms with Crippen molar-refractivity contribution in [2.45, 2.75) is 25.9 Å². The largest absolute Gasteiger partial charge is 0.497 e. The molecule has 0 spiro atoms. The van der Waals surface area contributed by atoms with Gasteiger partial charge in [-0.15, -0.1) is 0 Å². The first-order chi connectivity index (χ1) is 10.0. The van der Waals surface area contributed by atoms with Crippen molar-refractivity contribution in [2.75, 3.05) is 12.4 Å². The third-order valence-electron chi connectivity index (χ3n) is 3.13. The van der Waals surface area contributed by atoms with Gasteiger partial charge in [0.05, 0.1) is 13.3 Å². The van der Waals surface area contributed by atoms with Gasteiger partial charge in [-0.3, -0.25) is 4.68 Å². The molecule has 0 aliphatic heterocycles. The molecule has 0 fully saturated rings. The van der Waals surface area contributed by atoms with Crippen molar-refractivity contribution in [1.29, 1.82) is 0 Å². The van der Waals surface area contributed by atoms with Crippen LogP contribution in [0, 0.1) is 0 Å². The van der Waals surface area contributed by atoms with Gasteiger partial charge in [0.1, 0.15) is 5.75 Å². The van der Waals surface area contributed by atoms with Crippen molar-refractivity contribution in [2.24, 2.45) is 0 Å². The Kier molecular flexibility index (Phi) is 4.47. The van der Waals surface area contributed by atoms with Gasteiger partial charge in [0.15, 0.2) is 6.04 Å². The molecular formula is C15H19N3O3. The summed E-state index contributed by atoms with van der Waals surface area (Å²) in [5.74, 6) is -0.228. The average molecular weight is 289 g/mol. The molecule has 2 rings (SSSR count). The van der Waals surface area contributed by atoms with Crippen LogP contribution in [0.4, 0.5) is 5.69 Å². The number of aliphatic carboxylic acids is 1. The van der Waals surface area contributed by atoms with E-state index in [-0.39, 0.29) is 6.04 Å². The quantitative estimate of drug-likeness (QED) is 0.855. The Bertz CT molecular complexity index is 605. The number of carboxylic acid groups (broad SMARTS) is 1. The number of hydrogen-bond donors (Lipinski definition) is 2. The van der Waals surface area contributed by atoms with Crippen molar-refractivity contribution < 1.29 is 14.6 Å². The standard InChI is InChI=1S/C15H19N3O3/c1-10(2)18-9-11(8-16-18)14(15(19)20)17-12-4-6-13(21-3)7-5-12/h4-10,14,17H,1-3H3,(H,19,20). The molecule has 0 saturated heterocycles. The van der Waals surface area contributed by atoms with E-state index >= 15 is 0 Å². The highest BCUT2D eigenvalue weighted by molar-refractivity contribution is 5.79. The molecule has 1 aromatic carbocycles. The minimum Gasteiger partial charge on any atom is -0.497 e. The summed E-state index contributed by atoms with van der Waals surface area (Å²) >= 11 is 0. The Morgan fingerprint density at radius 1 is 1.33 bits per heavy atom. The second-order valence-corrected chi connectivity index (χ2v) is 4.99. The number of carboxylic acids is 1. The van der Waals surface area contributed by atoms with Crippen molar-refractivity contribution in [1.82, 2.24) is 9.78 Å². The van der Waals surface area contributed by atoms with E-state index in [9.17, 15) is 9.90 Å². The van der Waals surface area contributed by atoms with Crippen LogP contribution in [0.15, 0.2) is 36.7 Å². The second-order valence-electron chi connectivity index (χ2n) is 4.99. The molecule has 21 heavy (non-hydrogen) atoms. The fourth-order valence-electron chi connectivity index (χ4n) is 1.93.